The van der Waals surface area contributed by atoms with Gasteiger partial charge in [-0.2, -0.15) is 0 Å². The first kappa shape index (κ1) is 16.6. The minimum atomic E-state index is -0.0283. The molecule has 138 valence electrons. The lowest BCUT2D eigenvalue weighted by molar-refractivity contribution is 0.645. The highest BCUT2D eigenvalue weighted by Gasteiger charge is 2.34. The lowest BCUT2D eigenvalue weighted by Crippen LogP contribution is -2.23. The topological polar surface area (TPSA) is 0 Å². The summed E-state index contributed by atoms with van der Waals surface area (Å²) >= 11 is 0. The molecule has 0 heterocycles. The molecule has 6 rings (SSSR count). The second-order valence-electron chi connectivity index (χ2n) is 8.56. The van der Waals surface area contributed by atoms with Crippen LogP contribution in [0.15, 0.2) is 97.1 Å². The zero-order valence-corrected chi connectivity index (χ0v) is 16.7. The van der Waals surface area contributed by atoms with Crippen LogP contribution in [-0.4, -0.2) is 0 Å². The Hall–Kier alpha value is -3.38. The van der Waals surface area contributed by atoms with Gasteiger partial charge in [-0.1, -0.05) is 111 Å². The van der Waals surface area contributed by atoms with Gasteiger partial charge in [0.25, 0.3) is 0 Å². The Morgan fingerprint density at radius 3 is 1.86 bits per heavy atom. The molecule has 0 heteroatoms. The molecule has 5 aromatic carbocycles. The molecule has 0 spiro atoms. The summed E-state index contributed by atoms with van der Waals surface area (Å²) in [5.41, 5.74) is 8.20. The Kier molecular flexibility index (Phi) is 3.32. The molecule has 0 saturated carbocycles. The van der Waals surface area contributed by atoms with E-state index < -0.39 is 0 Å². The van der Waals surface area contributed by atoms with Gasteiger partial charge in [-0.15, -0.1) is 0 Å². The van der Waals surface area contributed by atoms with Crippen LogP contribution < -0.4 is 0 Å². The van der Waals surface area contributed by atoms with E-state index in [0.717, 1.165) is 0 Å². The van der Waals surface area contributed by atoms with Crippen molar-refractivity contribution in [1.29, 1.82) is 0 Å². The zero-order valence-electron chi connectivity index (χ0n) is 16.7. The number of rotatable bonds is 1. The van der Waals surface area contributed by atoms with Crippen molar-refractivity contribution in [3.63, 3.8) is 0 Å². The van der Waals surface area contributed by atoms with Crippen LogP contribution in [0.25, 0.3) is 43.8 Å². The third-order valence-corrected chi connectivity index (χ3v) is 6.66. The fraction of sp³-hybridized carbons (Fsp3) is 0.103. The van der Waals surface area contributed by atoms with E-state index in [1.54, 1.807) is 0 Å². The van der Waals surface area contributed by atoms with Crippen molar-refractivity contribution in [1.82, 2.24) is 0 Å². The van der Waals surface area contributed by atoms with Gasteiger partial charge in [0.05, 0.1) is 0 Å². The van der Waals surface area contributed by atoms with Gasteiger partial charge < -0.3 is 0 Å². The number of benzene rings is 5. The van der Waals surface area contributed by atoms with Crippen LogP contribution in [0.2, 0.25) is 0 Å². The fourth-order valence-corrected chi connectivity index (χ4v) is 5.34. The predicted molar refractivity (Wildman–Crippen MR) is 124 cm³/mol. The van der Waals surface area contributed by atoms with Crippen molar-refractivity contribution >= 4 is 21.5 Å². The van der Waals surface area contributed by atoms with Gasteiger partial charge in [-0.25, -0.2) is 0 Å². The lowest BCUT2D eigenvalue weighted by atomic mass is 9.67. The summed E-state index contributed by atoms with van der Waals surface area (Å²) in [6.45, 7) is 4.72. The van der Waals surface area contributed by atoms with E-state index in [-0.39, 0.29) is 5.41 Å². The molecule has 29 heavy (non-hydrogen) atoms. The molecule has 0 aromatic heterocycles. The summed E-state index contributed by atoms with van der Waals surface area (Å²) in [5.74, 6) is 0. The van der Waals surface area contributed by atoms with E-state index in [1.165, 1.54) is 54.9 Å². The molecule has 1 aliphatic carbocycles. The molecular weight excluding hydrogens is 348 g/mol. The molecule has 0 N–H and O–H groups in total. The third kappa shape index (κ3) is 2.15. The van der Waals surface area contributed by atoms with Crippen LogP contribution in [0.1, 0.15) is 25.0 Å². The summed E-state index contributed by atoms with van der Waals surface area (Å²) in [4.78, 5) is 0. The maximum atomic E-state index is 2.36. The summed E-state index contributed by atoms with van der Waals surface area (Å²) < 4.78 is 0. The second kappa shape index (κ2) is 5.81. The van der Waals surface area contributed by atoms with Crippen LogP contribution in [0.4, 0.5) is 0 Å². The molecule has 0 unspecified atom stereocenters. The van der Waals surface area contributed by atoms with Crippen LogP contribution >= 0.6 is 0 Å². The SMILES string of the molecule is CC1(C)c2ccccc2-c2c3ccccc3c(-c3ccccc3)c3cccc1c23. The van der Waals surface area contributed by atoms with Gasteiger partial charge in [0.15, 0.2) is 0 Å². The maximum absolute atomic E-state index is 2.36. The van der Waals surface area contributed by atoms with Crippen molar-refractivity contribution in [2.24, 2.45) is 0 Å². The molecule has 0 amide bonds. The molecule has 0 bridgehead atoms. The molecule has 1 aliphatic rings. The van der Waals surface area contributed by atoms with E-state index in [0.29, 0.717) is 0 Å². The van der Waals surface area contributed by atoms with Crippen molar-refractivity contribution in [2.45, 2.75) is 19.3 Å². The Morgan fingerprint density at radius 2 is 1.07 bits per heavy atom. The molecule has 0 fully saturated rings. The fourth-order valence-electron chi connectivity index (χ4n) is 5.34. The van der Waals surface area contributed by atoms with E-state index in [2.05, 4.69) is 111 Å². The smallest absolute Gasteiger partial charge is 0.0159 e. The van der Waals surface area contributed by atoms with Gasteiger partial charge in [0, 0.05) is 5.41 Å². The van der Waals surface area contributed by atoms with Crippen molar-refractivity contribution < 1.29 is 0 Å². The predicted octanol–water partition coefficient (Wildman–Crippen LogP) is 7.97. The highest BCUT2D eigenvalue weighted by molar-refractivity contribution is 6.23. The van der Waals surface area contributed by atoms with Crippen molar-refractivity contribution in [2.75, 3.05) is 0 Å². The Labute approximate surface area is 171 Å². The molecular formula is C29H22. The summed E-state index contributed by atoms with van der Waals surface area (Å²) in [6, 6.07) is 35.6. The first-order valence-corrected chi connectivity index (χ1v) is 10.3. The molecule has 0 nitrogen and oxygen atoms in total. The van der Waals surface area contributed by atoms with Crippen molar-refractivity contribution in [3.05, 3.63) is 108 Å². The largest absolute Gasteiger partial charge is 0.0622 e. The van der Waals surface area contributed by atoms with Gasteiger partial charge in [0.1, 0.15) is 0 Å². The van der Waals surface area contributed by atoms with Crippen LogP contribution in [0.5, 0.6) is 0 Å². The normalized spacial score (nSPS) is 14.1. The standard InChI is InChI=1S/C29H22/c1-29(2)24-17-9-8-15-22(24)27-21-14-7-6-13-20(21)26(19-11-4-3-5-12-19)23-16-10-18-25(29)28(23)27/h3-18H,1-2H3. The first-order valence-electron chi connectivity index (χ1n) is 10.3. The molecule has 0 atom stereocenters. The quantitative estimate of drug-likeness (QED) is 0.262. The Balaban J connectivity index is 1.93. The number of hydrogen-bond acceptors (Lipinski definition) is 0. The van der Waals surface area contributed by atoms with Crippen LogP contribution in [-0.2, 0) is 5.41 Å². The summed E-state index contributed by atoms with van der Waals surface area (Å²) in [5, 5.41) is 5.43. The monoisotopic (exact) mass is 370 g/mol. The molecule has 0 saturated heterocycles. The van der Waals surface area contributed by atoms with E-state index in [4.69, 9.17) is 0 Å². The van der Waals surface area contributed by atoms with E-state index >= 15 is 0 Å². The average Bonchev–Trinajstić information content (AvgIpc) is 2.77. The maximum Gasteiger partial charge on any atom is 0.0159 e. The minimum Gasteiger partial charge on any atom is -0.0622 e. The lowest BCUT2D eigenvalue weighted by Gasteiger charge is -2.36. The number of fused-ring (bicyclic) bond motifs is 4. The first-order chi connectivity index (χ1) is 14.2. The average molecular weight is 370 g/mol. The van der Waals surface area contributed by atoms with Gasteiger partial charge in [-0.3, -0.25) is 0 Å². The van der Waals surface area contributed by atoms with Crippen molar-refractivity contribution in [3.8, 4) is 22.3 Å². The third-order valence-electron chi connectivity index (χ3n) is 6.66. The van der Waals surface area contributed by atoms with Crippen LogP contribution in [0.3, 0.4) is 0 Å². The number of hydrogen-bond donors (Lipinski definition) is 0. The molecule has 0 aliphatic heterocycles. The van der Waals surface area contributed by atoms with Gasteiger partial charge >= 0.3 is 0 Å². The van der Waals surface area contributed by atoms with Gasteiger partial charge in [0.2, 0.25) is 0 Å². The van der Waals surface area contributed by atoms with Gasteiger partial charge in [-0.05, 0) is 54.9 Å². The van der Waals surface area contributed by atoms with Crippen LogP contribution in [0, 0.1) is 0 Å². The Morgan fingerprint density at radius 1 is 0.483 bits per heavy atom. The minimum absolute atomic E-state index is 0.0283. The highest BCUT2D eigenvalue weighted by Crippen LogP contribution is 2.53. The van der Waals surface area contributed by atoms with E-state index in [9.17, 15) is 0 Å². The Bertz CT molecular complexity index is 1400. The highest BCUT2D eigenvalue weighted by atomic mass is 14.4. The van der Waals surface area contributed by atoms with E-state index in [1.807, 2.05) is 0 Å². The summed E-state index contributed by atoms with van der Waals surface area (Å²) in [7, 11) is 0. The molecule has 5 aromatic rings. The second-order valence-corrected chi connectivity index (χ2v) is 8.56. The molecule has 0 radical (unpaired) electrons. The summed E-state index contributed by atoms with van der Waals surface area (Å²) in [6.07, 6.45) is 0. The zero-order chi connectivity index (χ0) is 19.6.